The fraction of sp³-hybridized carbons (Fsp3) is 0.400. The lowest BCUT2D eigenvalue weighted by Crippen LogP contribution is -1.68. The fourth-order valence-corrected chi connectivity index (χ4v) is 0.927. The maximum atomic E-state index is 3.70. The zero-order chi connectivity index (χ0) is 6.57. The van der Waals surface area contributed by atoms with Gasteiger partial charge in [-0.1, -0.05) is 22.9 Å². The zero-order valence-corrected chi connectivity index (χ0v) is 9.01. The normalized spacial score (nSPS) is 9.00. The Balaban J connectivity index is 3.62. The molecule has 0 aliphatic rings. The molecule has 0 fully saturated rings. The van der Waals surface area contributed by atoms with Crippen LogP contribution in [0.3, 0.4) is 0 Å². The van der Waals surface area contributed by atoms with Gasteiger partial charge in [0.15, 0.2) is 0 Å². The van der Waals surface area contributed by atoms with E-state index in [9.17, 15) is 0 Å². The van der Waals surface area contributed by atoms with E-state index in [4.69, 9.17) is 0 Å². The van der Waals surface area contributed by atoms with Gasteiger partial charge in [-0.15, -0.1) is 0 Å². The summed E-state index contributed by atoms with van der Waals surface area (Å²) in [4.78, 5) is 0. The second kappa shape index (κ2) is 5.00. The van der Waals surface area contributed by atoms with Gasteiger partial charge in [0, 0.05) is 4.48 Å². The van der Waals surface area contributed by atoms with Gasteiger partial charge in [0.25, 0.3) is 0 Å². The van der Waals surface area contributed by atoms with Gasteiger partial charge in [-0.2, -0.15) is 0 Å². The number of hydrogen-bond donors (Lipinski definition) is 0. The predicted octanol–water partition coefficient (Wildman–Crippen LogP) is 3.95. The van der Waals surface area contributed by atoms with Gasteiger partial charge in [0.2, 0.25) is 0 Å². The Morgan fingerprint density at radius 3 is 1.88 bits per heavy atom. The highest BCUT2D eigenvalue weighted by molar-refractivity contribution is 9.29. The van der Waals surface area contributed by atoms with E-state index in [1.54, 1.807) is 0 Å². The quantitative estimate of drug-likeness (QED) is 0.724. The van der Waals surface area contributed by atoms with E-state index in [0.29, 0.717) is 0 Å². The summed E-state index contributed by atoms with van der Waals surface area (Å²) in [6.45, 7) is 3.70. The van der Waals surface area contributed by atoms with E-state index in [-0.39, 0.29) is 0 Å². The second-order valence-corrected chi connectivity index (χ2v) is 4.88. The second-order valence-electron chi connectivity index (χ2n) is 1.27. The molecule has 0 heterocycles. The van der Waals surface area contributed by atoms with Crippen LogP contribution in [0.4, 0.5) is 0 Å². The van der Waals surface area contributed by atoms with Crippen molar-refractivity contribution in [1.29, 1.82) is 0 Å². The van der Waals surface area contributed by atoms with Crippen LogP contribution in [0, 0.1) is 6.92 Å². The molecule has 0 saturated carbocycles. The van der Waals surface area contributed by atoms with E-state index >= 15 is 0 Å². The van der Waals surface area contributed by atoms with E-state index in [1.807, 2.05) is 0 Å². The molecule has 0 aromatic carbocycles. The molecule has 0 nitrogen and oxygen atoms in total. The monoisotopic (exact) mass is 303 g/mol. The first-order valence-electron chi connectivity index (χ1n) is 2.17. The Kier molecular flexibility index (Phi) is 5.74. The first kappa shape index (κ1) is 9.18. The molecule has 0 N–H and O–H groups in total. The molecule has 0 amide bonds. The molecule has 3 heteroatoms. The zero-order valence-electron chi connectivity index (χ0n) is 4.26. The van der Waals surface area contributed by atoms with E-state index in [0.717, 1.165) is 20.7 Å². The molecule has 0 aliphatic carbocycles. The van der Waals surface area contributed by atoms with Crippen LogP contribution in [0.25, 0.3) is 0 Å². The van der Waals surface area contributed by atoms with Crippen molar-refractivity contribution in [3.63, 3.8) is 0 Å². The molecule has 1 radical (unpaired) electrons. The topological polar surface area (TPSA) is 0 Å². The molecule has 0 aliphatic heterocycles. The molecule has 0 aromatic heterocycles. The lowest BCUT2D eigenvalue weighted by atomic mass is 10.3. The van der Waals surface area contributed by atoms with Gasteiger partial charge < -0.3 is 0 Å². The van der Waals surface area contributed by atoms with Crippen LogP contribution in [0.5, 0.6) is 0 Å². The van der Waals surface area contributed by atoms with Gasteiger partial charge in [-0.3, -0.25) is 0 Å². The minimum atomic E-state index is 0.918. The van der Waals surface area contributed by atoms with Crippen molar-refractivity contribution >= 4 is 47.8 Å². The predicted molar refractivity (Wildman–Crippen MR) is 48.4 cm³/mol. The van der Waals surface area contributed by atoms with Gasteiger partial charge in [-0.05, 0) is 44.7 Å². The fourth-order valence-electron chi connectivity index (χ4n) is 0.250. The number of halogens is 3. The Labute approximate surface area is 75.1 Å². The van der Waals surface area contributed by atoms with Crippen molar-refractivity contribution < 1.29 is 0 Å². The van der Waals surface area contributed by atoms with Crippen LogP contribution in [-0.4, -0.2) is 0 Å². The Bertz CT molecular complexity index is 91.8. The van der Waals surface area contributed by atoms with Crippen LogP contribution < -0.4 is 0 Å². The molecule has 0 bridgehead atoms. The lowest BCUT2D eigenvalue weighted by Gasteiger charge is -1.92. The van der Waals surface area contributed by atoms with E-state index in [2.05, 4.69) is 54.7 Å². The van der Waals surface area contributed by atoms with Crippen LogP contribution in [0.2, 0.25) is 0 Å². The lowest BCUT2D eigenvalue weighted by molar-refractivity contribution is 1.04. The minimum absolute atomic E-state index is 0.918. The molecule has 0 spiro atoms. The molecular formula is C5H6Br3. The Morgan fingerprint density at radius 2 is 1.75 bits per heavy atom. The summed E-state index contributed by atoms with van der Waals surface area (Å²) in [5.41, 5.74) is 0. The van der Waals surface area contributed by atoms with Gasteiger partial charge in [0.05, 0.1) is 3.39 Å². The van der Waals surface area contributed by atoms with Gasteiger partial charge in [-0.25, -0.2) is 0 Å². The molecule has 8 heavy (non-hydrogen) atoms. The average molecular weight is 306 g/mol. The first-order chi connectivity index (χ1) is 3.68. The highest BCUT2D eigenvalue weighted by Crippen LogP contribution is 2.26. The number of rotatable bonds is 2. The summed E-state index contributed by atoms with van der Waals surface area (Å²) in [5.74, 6) is 0. The van der Waals surface area contributed by atoms with Crippen molar-refractivity contribution in [3.8, 4) is 0 Å². The van der Waals surface area contributed by atoms with E-state index < -0.39 is 0 Å². The summed E-state index contributed by atoms with van der Waals surface area (Å²) in [5, 5.41) is 0. The summed E-state index contributed by atoms with van der Waals surface area (Å²) < 4.78 is 2.11. The number of allylic oxidation sites excluding steroid dienone is 1. The highest BCUT2D eigenvalue weighted by Gasteiger charge is 1.92. The third-order valence-corrected chi connectivity index (χ3v) is 3.42. The molecule has 0 saturated heterocycles. The molecule has 0 aromatic rings. The van der Waals surface area contributed by atoms with Crippen LogP contribution in [-0.2, 0) is 0 Å². The van der Waals surface area contributed by atoms with Gasteiger partial charge in [0.1, 0.15) is 0 Å². The van der Waals surface area contributed by atoms with Crippen LogP contribution in [0.15, 0.2) is 7.87 Å². The van der Waals surface area contributed by atoms with Crippen molar-refractivity contribution in [2.24, 2.45) is 0 Å². The van der Waals surface area contributed by atoms with Gasteiger partial charge >= 0.3 is 0 Å². The Morgan fingerprint density at radius 1 is 1.25 bits per heavy atom. The van der Waals surface area contributed by atoms with Crippen LogP contribution >= 0.6 is 47.8 Å². The van der Waals surface area contributed by atoms with Crippen molar-refractivity contribution in [2.45, 2.75) is 12.8 Å². The van der Waals surface area contributed by atoms with Crippen molar-refractivity contribution in [3.05, 3.63) is 14.8 Å². The smallest absolute Gasteiger partial charge is 0.0539 e. The third kappa shape index (κ3) is 4.10. The van der Waals surface area contributed by atoms with Crippen molar-refractivity contribution in [1.82, 2.24) is 0 Å². The maximum Gasteiger partial charge on any atom is 0.0705 e. The average Bonchev–Trinajstić information content (AvgIpc) is 1.67. The molecule has 47 valence electrons. The minimum Gasteiger partial charge on any atom is -0.0539 e. The molecule has 0 rings (SSSR count). The SMILES string of the molecule is [CH2]CCC(Br)=C(Br)Br. The molecule has 0 unspecified atom stereocenters. The van der Waals surface area contributed by atoms with E-state index in [1.165, 1.54) is 0 Å². The molecular weight excluding hydrogens is 300 g/mol. The van der Waals surface area contributed by atoms with Crippen LogP contribution in [0.1, 0.15) is 12.8 Å². The summed E-state index contributed by atoms with van der Waals surface area (Å²) in [6.07, 6.45) is 1.90. The Hall–Kier alpha value is 1.18. The first-order valence-corrected chi connectivity index (χ1v) is 4.55. The largest absolute Gasteiger partial charge is 0.0705 e. The summed E-state index contributed by atoms with van der Waals surface area (Å²) in [7, 11) is 0. The third-order valence-electron chi connectivity index (χ3n) is 0.601. The summed E-state index contributed by atoms with van der Waals surface area (Å²) >= 11 is 9.87. The highest BCUT2D eigenvalue weighted by atomic mass is 79.9. The summed E-state index contributed by atoms with van der Waals surface area (Å²) in [6, 6.07) is 0. The maximum absolute atomic E-state index is 3.70. The van der Waals surface area contributed by atoms with Crippen molar-refractivity contribution in [2.75, 3.05) is 0 Å². The standard InChI is InChI=1S/C5H6Br3/c1-2-3-4(6)5(7)8/h1-3H2. The molecule has 0 atom stereocenters. The number of hydrogen-bond acceptors (Lipinski definition) is 0.